The van der Waals surface area contributed by atoms with E-state index in [-0.39, 0.29) is 31.0 Å². The number of alkyl halides is 3. The van der Waals surface area contributed by atoms with Crippen molar-refractivity contribution in [3.8, 4) is 0 Å². The van der Waals surface area contributed by atoms with Gasteiger partial charge in [-0.25, -0.2) is 4.79 Å². The number of carbonyl (C=O) groups is 1. The molecule has 0 aromatic heterocycles. The second kappa shape index (κ2) is 34.0. The molecule has 1 N–H and O–H groups in total. The molecule has 0 bridgehead atoms. The van der Waals surface area contributed by atoms with Crippen molar-refractivity contribution in [3.63, 3.8) is 0 Å². The zero-order chi connectivity index (χ0) is 44.7. The van der Waals surface area contributed by atoms with Crippen LogP contribution < -0.4 is 5.32 Å². The molecule has 0 unspecified atom stereocenters. The molecule has 6 atom stereocenters. The fraction of sp³-hybridized carbons (Fsp3) is 0.894. The summed E-state index contributed by atoms with van der Waals surface area (Å²) in [6, 6.07) is -0.852. The van der Waals surface area contributed by atoms with E-state index in [0.29, 0.717) is 13.0 Å². The molecule has 0 radical (unpaired) electrons. The summed E-state index contributed by atoms with van der Waals surface area (Å²) in [5.74, 6) is 0. The average Bonchev–Trinajstić information content (AvgIpc) is 3.19. The monoisotopic (exact) mass is 928 g/mol. The lowest BCUT2D eigenvalue weighted by molar-refractivity contribution is -0.280. The lowest BCUT2D eigenvalue weighted by Crippen LogP contribution is -2.66. The van der Waals surface area contributed by atoms with E-state index in [1.165, 1.54) is 109 Å². The molecule has 60 heavy (non-hydrogen) atoms. The number of unbranched alkanes of at least 4 members (excludes halogenated alkanes) is 17. The van der Waals surface area contributed by atoms with Crippen LogP contribution in [0.4, 0.5) is 4.79 Å². The molecule has 0 aromatic rings. The lowest BCUT2D eigenvalue weighted by Gasteiger charge is -2.47. The smallest absolute Gasteiger partial charge is 0.407 e. The number of amides is 1. The van der Waals surface area contributed by atoms with E-state index >= 15 is 0 Å². The highest BCUT2D eigenvalue weighted by molar-refractivity contribution is 6.74. The van der Waals surface area contributed by atoms with Gasteiger partial charge in [-0.3, -0.25) is 0 Å². The number of hydrogen-bond donors (Lipinski definition) is 1. The zero-order valence-electron chi connectivity index (χ0n) is 39.0. The molecule has 13 heteroatoms. The number of alkyl carbamates (subject to hydrolysis) is 1. The zero-order valence-corrected chi connectivity index (χ0v) is 42.3. The van der Waals surface area contributed by atoms with Crippen molar-refractivity contribution in [2.24, 2.45) is 0 Å². The summed E-state index contributed by atoms with van der Waals surface area (Å²) in [5.41, 5.74) is 0. The lowest BCUT2D eigenvalue weighted by atomic mass is 9.96. The minimum atomic E-state index is -2.19. The van der Waals surface area contributed by atoms with E-state index in [1.807, 2.05) is 0 Å². The molecule has 0 spiro atoms. The van der Waals surface area contributed by atoms with Crippen molar-refractivity contribution in [2.45, 2.75) is 228 Å². The third-order valence-corrected chi connectivity index (χ3v) is 16.6. The molecule has 0 saturated carbocycles. The second-order valence-corrected chi connectivity index (χ2v) is 25.4. The summed E-state index contributed by atoms with van der Waals surface area (Å²) in [6.07, 6.45) is 25.6. The Morgan fingerprint density at radius 3 is 1.75 bits per heavy atom. The van der Waals surface area contributed by atoms with Crippen molar-refractivity contribution in [3.05, 3.63) is 25.3 Å². The number of ether oxygens (including phenoxy) is 6. The van der Waals surface area contributed by atoms with Crippen LogP contribution in [-0.4, -0.2) is 94.6 Å². The molecule has 1 saturated heterocycles. The summed E-state index contributed by atoms with van der Waals surface area (Å²) >= 11 is 17.7. The molecular formula is C47H88Cl3NO8Si. The largest absolute Gasteiger partial charge is 0.445 e. The number of hydrogen-bond acceptors (Lipinski definition) is 8. The van der Waals surface area contributed by atoms with Crippen LogP contribution in [0.1, 0.15) is 169 Å². The normalized spacial score (nSPS) is 20.5. The molecule has 0 aromatic carbocycles. The van der Waals surface area contributed by atoms with Gasteiger partial charge >= 0.3 is 6.09 Å². The van der Waals surface area contributed by atoms with Crippen LogP contribution >= 0.6 is 34.8 Å². The van der Waals surface area contributed by atoms with Gasteiger partial charge in [-0.15, -0.1) is 13.2 Å². The van der Waals surface area contributed by atoms with Crippen LogP contribution in [0.15, 0.2) is 25.3 Å². The summed E-state index contributed by atoms with van der Waals surface area (Å²) in [4.78, 5) is 13.2. The van der Waals surface area contributed by atoms with Crippen LogP contribution in [0, 0.1) is 0 Å². The third kappa shape index (κ3) is 27.0. The van der Waals surface area contributed by atoms with Gasteiger partial charge in [0.1, 0.15) is 31.0 Å². The maximum absolute atomic E-state index is 13.2. The Bertz CT molecular complexity index is 1090. The van der Waals surface area contributed by atoms with Crippen molar-refractivity contribution < 1.29 is 37.6 Å². The van der Waals surface area contributed by atoms with Gasteiger partial charge in [-0.05, 0) is 37.4 Å². The van der Waals surface area contributed by atoms with Gasteiger partial charge in [0.05, 0.1) is 25.9 Å². The number of nitrogens with one attached hydrogen (secondary N) is 1. The van der Waals surface area contributed by atoms with Crippen LogP contribution in [0.25, 0.3) is 0 Å². The van der Waals surface area contributed by atoms with Gasteiger partial charge in [-0.1, -0.05) is 197 Å². The Kier molecular flexibility index (Phi) is 32.7. The summed E-state index contributed by atoms with van der Waals surface area (Å²) < 4.78 is 42.8. The van der Waals surface area contributed by atoms with Crippen molar-refractivity contribution in [2.75, 3.05) is 39.6 Å². The number of halogens is 3. The molecule has 1 fully saturated rings. The first-order valence-electron chi connectivity index (χ1n) is 23.6. The predicted molar refractivity (Wildman–Crippen MR) is 254 cm³/mol. The Morgan fingerprint density at radius 1 is 0.717 bits per heavy atom. The van der Waals surface area contributed by atoms with Crippen LogP contribution in [0.2, 0.25) is 18.1 Å². The van der Waals surface area contributed by atoms with Crippen LogP contribution in [0.5, 0.6) is 0 Å². The van der Waals surface area contributed by atoms with E-state index in [9.17, 15) is 4.79 Å². The van der Waals surface area contributed by atoms with E-state index in [0.717, 1.165) is 25.9 Å². The van der Waals surface area contributed by atoms with Crippen molar-refractivity contribution in [1.82, 2.24) is 5.32 Å². The Hall–Kier alpha value is -0.403. The molecule has 1 rings (SSSR count). The molecule has 1 heterocycles. The number of rotatable bonds is 37. The highest BCUT2D eigenvalue weighted by Crippen LogP contribution is 2.38. The molecule has 9 nitrogen and oxygen atoms in total. The summed E-state index contributed by atoms with van der Waals surface area (Å²) in [7, 11) is -2.19. The SMILES string of the molecule is C=CCO[C@H]1O[C@H](CO[Si](C)(C)C(C)(C)C)[C@@H](OCC=C)[C@H](OCC[C@H](CCCCCCCCCCC)OCCCCCCCCCCCC)[C@@H]1NC(=O)OCC(Cl)(Cl)Cl. The molecule has 1 aliphatic rings. The molecule has 0 aliphatic carbocycles. The molecular weight excluding hydrogens is 841 g/mol. The maximum Gasteiger partial charge on any atom is 0.407 e. The minimum absolute atomic E-state index is 0.0261. The first kappa shape index (κ1) is 57.6. The first-order valence-corrected chi connectivity index (χ1v) is 27.6. The van der Waals surface area contributed by atoms with E-state index in [2.05, 4.69) is 66.2 Å². The fourth-order valence-electron chi connectivity index (χ4n) is 7.08. The Morgan fingerprint density at radius 2 is 1.23 bits per heavy atom. The summed E-state index contributed by atoms with van der Waals surface area (Å²) in [6.45, 7) is 24.5. The Labute approximate surface area is 383 Å². The van der Waals surface area contributed by atoms with Gasteiger partial charge in [0.25, 0.3) is 0 Å². The van der Waals surface area contributed by atoms with Gasteiger partial charge in [0.2, 0.25) is 3.79 Å². The average molecular weight is 930 g/mol. The highest BCUT2D eigenvalue weighted by atomic mass is 35.6. The first-order chi connectivity index (χ1) is 28.6. The van der Waals surface area contributed by atoms with Gasteiger partial charge in [0.15, 0.2) is 14.6 Å². The second-order valence-electron chi connectivity index (χ2n) is 18.1. The van der Waals surface area contributed by atoms with Crippen molar-refractivity contribution >= 4 is 49.2 Å². The molecule has 354 valence electrons. The topological polar surface area (TPSA) is 93.7 Å². The Balaban J connectivity index is 3.19. The van der Waals surface area contributed by atoms with Gasteiger partial charge in [0, 0.05) is 13.2 Å². The highest BCUT2D eigenvalue weighted by Gasteiger charge is 2.50. The third-order valence-electron chi connectivity index (χ3n) is 11.7. The number of carbonyl (C=O) groups excluding carboxylic acids is 1. The molecule has 1 aliphatic heterocycles. The van der Waals surface area contributed by atoms with Gasteiger partial charge < -0.3 is 38.2 Å². The van der Waals surface area contributed by atoms with Crippen LogP contribution in [-0.2, 0) is 32.8 Å². The minimum Gasteiger partial charge on any atom is -0.445 e. The maximum atomic E-state index is 13.2. The molecule has 1 amide bonds. The fourth-order valence-corrected chi connectivity index (χ4v) is 8.25. The predicted octanol–water partition coefficient (Wildman–Crippen LogP) is 14.0. The van der Waals surface area contributed by atoms with Crippen molar-refractivity contribution in [1.29, 1.82) is 0 Å². The standard InChI is InChI=1S/C47H88Cl3NO8Si/c1-10-14-16-18-20-22-24-26-28-30-35-53-39(31-29-27-25-23-21-19-17-15-11-2)32-36-55-43-41(51-45(52)57-38-47(48,49)50)44(56-34-13-4)59-40(42(43)54-33-12-3)37-58-60(8,9)46(5,6)7/h12-13,39-44H,3-4,10-11,14-38H2,1-2,5-9H3,(H,51,52)/t39-,40+,41-,42+,43+,44-/m0/s1. The van der Waals surface area contributed by atoms with E-state index in [1.54, 1.807) is 12.2 Å². The van der Waals surface area contributed by atoms with E-state index in [4.69, 9.17) is 67.7 Å². The van der Waals surface area contributed by atoms with Gasteiger partial charge in [-0.2, -0.15) is 0 Å². The quantitative estimate of drug-likeness (QED) is 0.0285. The summed E-state index contributed by atoms with van der Waals surface area (Å²) in [5, 5.41) is 2.87. The van der Waals surface area contributed by atoms with E-state index < -0.39 is 55.5 Å². The van der Waals surface area contributed by atoms with Crippen LogP contribution in [0.3, 0.4) is 0 Å².